The molecule has 0 saturated heterocycles. The molecule has 0 aliphatic carbocycles. The fourth-order valence-corrected chi connectivity index (χ4v) is 2.63. The Kier molecular flexibility index (Phi) is 3.66. The number of halogens is 1. The van der Waals surface area contributed by atoms with Crippen molar-refractivity contribution in [2.24, 2.45) is 0 Å². The summed E-state index contributed by atoms with van der Waals surface area (Å²) >= 11 is 11.3. The van der Waals surface area contributed by atoms with Crippen LogP contribution in [-0.4, -0.2) is 19.7 Å². The van der Waals surface area contributed by atoms with Crippen molar-refractivity contribution in [3.63, 3.8) is 0 Å². The number of rotatable bonds is 2. The summed E-state index contributed by atoms with van der Waals surface area (Å²) in [5.41, 5.74) is -0.217. The lowest BCUT2D eigenvalue weighted by molar-refractivity contribution is -0.384. The van der Waals surface area contributed by atoms with Crippen LogP contribution >= 0.6 is 23.8 Å². The molecular formula is C12H13ClN4O2S. The standard InChI is InChI=1S/C12H13ClN4O2S/c1-12(2,3)16-10(14-15-11(16)20)9-7(13)5-4-6-8(9)17(18)19/h4-6H,1-3H3,(H,15,20). The maximum absolute atomic E-state index is 11.2. The summed E-state index contributed by atoms with van der Waals surface area (Å²) in [6, 6.07) is 4.52. The van der Waals surface area contributed by atoms with Crippen molar-refractivity contribution in [3.8, 4) is 11.4 Å². The van der Waals surface area contributed by atoms with Crippen molar-refractivity contribution in [2.75, 3.05) is 0 Å². The maximum atomic E-state index is 11.2. The van der Waals surface area contributed by atoms with Crippen LogP contribution in [0.1, 0.15) is 20.8 Å². The molecular weight excluding hydrogens is 300 g/mol. The van der Waals surface area contributed by atoms with Crippen LogP contribution in [0, 0.1) is 14.9 Å². The van der Waals surface area contributed by atoms with E-state index in [1.807, 2.05) is 20.8 Å². The molecule has 0 saturated carbocycles. The van der Waals surface area contributed by atoms with Gasteiger partial charge in [0.15, 0.2) is 10.6 Å². The molecule has 20 heavy (non-hydrogen) atoms. The fourth-order valence-electron chi connectivity index (χ4n) is 1.97. The third-order valence-corrected chi connectivity index (χ3v) is 3.34. The monoisotopic (exact) mass is 312 g/mol. The summed E-state index contributed by atoms with van der Waals surface area (Å²) in [5, 5.41) is 18.2. The highest BCUT2D eigenvalue weighted by molar-refractivity contribution is 7.71. The number of nitrogens with zero attached hydrogens (tertiary/aromatic N) is 3. The molecule has 0 fully saturated rings. The Morgan fingerprint density at radius 1 is 1.45 bits per heavy atom. The highest BCUT2D eigenvalue weighted by atomic mass is 35.5. The van der Waals surface area contributed by atoms with Gasteiger partial charge in [-0.15, -0.1) is 0 Å². The second-order valence-corrected chi connectivity index (χ2v) is 6.04. The number of nitro benzene ring substituents is 1. The number of nitro groups is 1. The van der Waals surface area contributed by atoms with Crippen LogP contribution in [-0.2, 0) is 5.54 Å². The first-order chi connectivity index (χ1) is 9.23. The lowest BCUT2D eigenvalue weighted by Crippen LogP contribution is -2.23. The molecule has 0 amide bonds. The molecule has 6 nitrogen and oxygen atoms in total. The smallest absolute Gasteiger partial charge is 0.281 e. The van der Waals surface area contributed by atoms with Crippen molar-refractivity contribution in [2.45, 2.75) is 26.3 Å². The van der Waals surface area contributed by atoms with Crippen LogP contribution in [0.5, 0.6) is 0 Å². The molecule has 0 radical (unpaired) electrons. The highest BCUT2D eigenvalue weighted by Gasteiger charge is 2.27. The Hall–Kier alpha value is -1.73. The van der Waals surface area contributed by atoms with Crippen LogP contribution in [0.3, 0.4) is 0 Å². The molecule has 1 N–H and O–H groups in total. The first kappa shape index (κ1) is 14.7. The van der Waals surface area contributed by atoms with E-state index < -0.39 is 4.92 Å². The Morgan fingerprint density at radius 3 is 2.65 bits per heavy atom. The van der Waals surface area contributed by atoms with Crippen LogP contribution in [0.2, 0.25) is 5.02 Å². The normalized spacial score (nSPS) is 11.6. The minimum Gasteiger partial charge on any atom is -0.295 e. The zero-order valence-electron chi connectivity index (χ0n) is 11.2. The number of nitrogens with one attached hydrogen (secondary N) is 1. The van der Waals surface area contributed by atoms with Crippen LogP contribution in [0.4, 0.5) is 5.69 Å². The quantitative estimate of drug-likeness (QED) is 0.518. The Bertz CT molecular complexity index is 730. The first-order valence-corrected chi connectivity index (χ1v) is 6.63. The minimum absolute atomic E-state index is 0.1000. The van der Waals surface area contributed by atoms with Crippen molar-refractivity contribution in [1.82, 2.24) is 14.8 Å². The topological polar surface area (TPSA) is 76.8 Å². The van der Waals surface area contributed by atoms with Gasteiger partial charge in [0.2, 0.25) is 0 Å². The second-order valence-electron chi connectivity index (χ2n) is 5.25. The molecule has 0 unspecified atom stereocenters. The van der Waals surface area contributed by atoms with Crippen LogP contribution in [0.25, 0.3) is 11.4 Å². The first-order valence-electron chi connectivity index (χ1n) is 5.84. The van der Waals surface area contributed by atoms with Gasteiger partial charge in [0.05, 0.1) is 9.95 Å². The van der Waals surface area contributed by atoms with Gasteiger partial charge in [-0.05, 0) is 39.1 Å². The van der Waals surface area contributed by atoms with Gasteiger partial charge in [-0.25, -0.2) is 0 Å². The van der Waals surface area contributed by atoms with E-state index in [9.17, 15) is 10.1 Å². The zero-order chi connectivity index (χ0) is 15.1. The number of hydrogen-bond acceptors (Lipinski definition) is 4. The number of H-pyrrole nitrogens is 1. The Balaban J connectivity index is 2.84. The van der Waals surface area contributed by atoms with E-state index >= 15 is 0 Å². The van der Waals surface area contributed by atoms with E-state index in [1.165, 1.54) is 12.1 Å². The van der Waals surface area contributed by atoms with Crippen molar-refractivity contribution >= 4 is 29.5 Å². The zero-order valence-corrected chi connectivity index (χ0v) is 12.7. The van der Waals surface area contributed by atoms with Gasteiger partial charge in [0, 0.05) is 11.6 Å². The molecule has 8 heteroatoms. The Labute approximate surface area is 125 Å². The lowest BCUT2D eigenvalue weighted by Gasteiger charge is -2.22. The second kappa shape index (κ2) is 4.99. The van der Waals surface area contributed by atoms with E-state index in [1.54, 1.807) is 10.6 Å². The minimum atomic E-state index is -0.480. The van der Waals surface area contributed by atoms with Crippen molar-refractivity contribution in [3.05, 3.63) is 38.1 Å². The molecule has 0 aliphatic rings. The van der Waals surface area contributed by atoms with Gasteiger partial charge in [-0.2, -0.15) is 5.10 Å². The van der Waals surface area contributed by atoms with Gasteiger partial charge in [-0.3, -0.25) is 19.8 Å². The summed E-state index contributed by atoms with van der Waals surface area (Å²) in [7, 11) is 0. The summed E-state index contributed by atoms with van der Waals surface area (Å²) in [6.45, 7) is 5.81. The summed E-state index contributed by atoms with van der Waals surface area (Å²) < 4.78 is 2.11. The molecule has 2 aromatic rings. The number of aromatic nitrogens is 3. The van der Waals surface area contributed by atoms with Crippen molar-refractivity contribution < 1.29 is 4.92 Å². The van der Waals surface area contributed by atoms with E-state index in [2.05, 4.69) is 10.2 Å². The SMILES string of the molecule is CC(C)(C)n1c(-c2c(Cl)cccc2[N+](=O)[O-])n[nH]c1=S. The van der Waals surface area contributed by atoms with Gasteiger partial charge in [-0.1, -0.05) is 17.7 Å². The molecule has 0 spiro atoms. The van der Waals surface area contributed by atoms with Crippen LogP contribution in [0.15, 0.2) is 18.2 Å². The van der Waals surface area contributed by atoms with E-state index in [-0.39, 0.29) is 21.8 Å². The highest BCUT2D eigenvalue weighted by Crippen LogP contribution is 2.36. The molecule has 1 heterocycles. The average molecular weight is 313 g/mol. The largest absolute Gasteiger partial charge is 0.295 e. The molecule has 1 aromatic carbocycles. The van der Waals surface area contributed by atoms with Gasteiger partial charge >= 0.3 is 0 Å². The molecule has 0 bridgehead atoms. The number of hydrogen-bond donors (Lipinski definition) is 1. The summed E-state index contributed by atoms with van der Waals surface area (Å²) in [5.74, 6) is 0.361. The molecule has 0 atom stereocenters. The lowest BCUT2D eigenvalue weighted by atomic mass is 10.1. The maximum Gasteiger partial charge on any atom is 0.281 e. The number of benzene rings is 1. The summed E-state index contributed by atoms with van der Waals surface area (Å²) in [6.07, 6.45) is 0. The summed E-state index contributed by atoms with van der Waals surface area (Å²) in [4.78, 5) is 10.7. The Morgan fingerprint density at radius 2 is 2.10 bits per heavy atom. The third-order valence-electron chi connectivity index (χ3n) is 2.76. The van der Waals surface area contributed by atoms with E-state index in [0.29, 0.717) is 10.6 Å². The molecule has 2 rings (SSSR count). The average Bonchev–Trinajstić information content (AvgIpc) is 2.70. The fraction of sp³-hybridized carbons (Fsp3) is 0.333. The third kappa shape index (κ3) is 2.46. The van der Waals surface area contributed by atoms with E-state index in [4.69, 9.17) is 23.8 Å². The predicted molar refractivity (Wildman–Crippen MR) is 79.5 cm³/mol. The van der Waals surface area contributed by atoms with Crippen LogP contribution < -0.4 is 0 Å². The van der Waals surface area contributed by atoms with Crippen molar-refractivity contribution in [1.29, 1.82) is 0 Å². The van der Waals surface area contributed by atoms with E-state index in [0.717, 1.165) is 0 Å². The molecule has 0 aliphatic heterocycles. The van der Waals surface area contributed by atoms with Gasteiger partial charge < -0.3 is 0 Å². The molecule has 106 valence electrons. The van der Waals surface area contributed by atoms with Gasteiger partial charge in [0.25, 0.3) is 5.69 Å². The van der Waals surface area contributed by atoms with Gasteiger partial charge in [0.1, 0.15) is 5.56 Å². The predicted octanol–water partition coefficient (Wildman–Crippen LogP) is 3.92. The molecule has 1 aromatic heterocycles. The number of aromatic amines is 1.